The second-order valence-electron chi connectivity index (χ2n) is 7.49. The number of aliphatic imine (C=N–C) groups is 1. The second-order valence-corrected chi connectivity index (χ2v) is 9.39. The molecule has 4 heterocycles. The van der Waals surface area contributed by atoms with E-state index in [0.717, 1.165) is 46.9 Å². The van der Waals surface area contributed by atoms with Gasteiger partial charge in [0, 0.05) is 30.2 Å². The zero-order valence-corrected chi connectivity index (χ0v) is 18.0. The third kappa shape index (κ3) is 3.66. The quantitative estimate of drug-likeness (QED) is 0.336. The molecule has 1 saturated heterocycles. The van der Waals surface area contributed by atoms with Gasteiger partial charge in [-0.2, -0.15) is 0 Å². The smallest absolute Gasteiger partial charge is 0.263 e. The Hall–Kier alpha value is -2.90. The fourth-order valence-electron chi connectivity index (χ4n) is 4.11. The van der Waals surface area contributed by atoms with Crippen LogP contribution in [0, 0.1) is 0 Å². The molecule has 3 N–H and O–H groups in total. The topological polar surface area (TPSA) is 74.5 Å². The number of amides is 1. The SMILES string of the molecule is NC(=Nc1ccc2[nH]cc(C3CCN(C(=O)c4cccs4)CC3)c2c1)c1cccs1. The fraction of sp³-hybridized carbons (Fsp3) is 0.217. The van der Waals surface area contributed by atoms with Crippen LogP contribution in [0.5, 0.6) is 0 Å². The Balaban J connectivity index is 1.35. The molecule has 3 aromatic heterocycles. The first-order chi connectivity index (χ1) is 14.7. The van der Waals surface area contributed by atoms with E-state index in [0.29, 0.717) is 11.8 Å². The third-order valence-electron chi connectivity index (χ3n) is 5.67. The number of nitrogens with zero attached hydrogens (tertiary/aromatic N) is 2. The van der Waals surface area contributed by atoms with E-state index in [2.05, 4.69) is 28.3 Å². The minimum Gasteiger partial charge on any atom is -0.383 e. The van der Waals surface area contributed by atoms with Gasteiger partial charge in [0.2, 0.25) is 0 Å². The van der Waals surface area contributed by atoms with Crippen molar-refractivity contribution in [3.8, 4) is 0 Å². The molecule has 1 aliphatic heterocycles. The van der Waals surface area contributed by atoms with Gasteiger partial charge in [0.25, 0.3) is 5.91 Å². The summed E-state index contributed by atoms with van der Waals surface area (Å²) in [6, 6.07) is 14.0. The number of hydrogen-bond donors (Lipinski definition) is 2. The first-order valence-electron chi connectivity index (χ1n) is 10.0. The van der Waals surface area contributed by atoms with E-state index in [9.17, 15) is 4.79 Å². The summed E-state index contributed by atoms with van der Waals surface area (Å²) < 4.78 is 0. The predicted octanol–water partition coefficient (Wildman–Crippen LogP) is 5.35. The number of carbonyl (C=O) groups excluding carboxylic acids is 1. The van der Waals surface area contributed by atoms with Crippen LogP contribution in [0.4, 0.5) is 5.69 Å². The maximum absolute atomic E-state index is 12.6. The summed E-state index contributed by atoms with van der Waals surface area (Å²) >= 11 is 3.10. The molecule has 0 spiro atoms. The number of H-pyrrole nitrogens is 1. The van der Waals surface area contributed by atoms with E-state index in [1.54, 1.807) is 11.3 Å². The maximum Gasteiger partial charge on any atom is 0.263 e. The lowest BCUT2D eigenvalue weighted by molar-refractivity contribution is 0.0718. The summed E-state index contributed by atoms with van der Waals surface area (Å²) in [7, 11) is 0. The van der Waals surface area contributed by atoms with Gasteiger partial charge < -0.3 is 15.6 Å². The Labute approximate surface area is 182 Å². The van der Waals surface area contributed by atoms with Crippen LogP contribution < -0.4 is 5.73 Å². The van der Waals surface area contributed by atoms with Crippen molar-refractivity contribution in [3.63, 3.8) is 0 Å². The minimum absolute atomic E-state index is 0.156. The highest BCUT2D eigenvalue weighted by Gasteiger charge is 2.26. The summed E-state index contributed by atoms with van der Waals surface area (Å²) in [5.74, 6) is 1.13. The molecule has 0 atom stereocenters. The molecule has 0 unspecified atom stereocenters. The lowest BCUT2D eigenvalue weighted by atomic mass is 9.89. The monoisotopic (exact) mass is 434 g/mol. The molecule has 1 aliphatic rings. The van der Waals surface area contributed by atoms with Crippen molar-refractivity contribution in [3.05, 3.63) is 74.7 Å². The van der Waals surface area contributed by atoms with E-state index in [4.69, 9.17) is 5.73 Å². The molecule has 30 heavy (non-hydrogen) atoms. The Bertz CT molecular complexity index is 1180. The van der Waals surface area contributed by atoms with Crippen LogP contribution in [0.15, 0.2) is 64.4 Å². The lowest BCUT2D eigenvalue weighted by Gasteiger charge is -2.31. The van der Waals surface area contributed by atoms with Crippen molar-refractivity contribution >= 4 is 51.0 Å². The molecule has 0 bridgehead atoms. The highest BCUT2D eigenvalue weighted by molar-refractivity contribution is 7.12. The molecule has 7 heteroatoms. The average Bonchev–Trinajstić information content (AvgIpc) is 3.55. The number of piperidine rings is 1. The number of likely N-dealkylation sites (tertiary alicyclic amines) is 1. The summed E-state index contributed by atoms with van der Waals surface area (Å²) in [4.78, 5) is 24.4. The number of aromatic nitrogens is 1. The Kier molecular flexibility index (Phi) is 5.14. The van der Waals surface area contributed by atoms with Crippen molar-refractivity contribution in [2.45, 2.75) is 18.8 Å². The Morgan fingerprint density at radius 3 is 2.50 bits per heavy atom. The van der Waals surface area contributed by atoms with Crippen molar-refractivity contribution in [1.82, 2.24) is 9.88 Å². The molecule has 0 aliphatic carbocycles. The molecule has 0 saturated carbocycles. The number of carbonyl (C=O) groups is 1. The van der Waals surface area contributed by atoms with E-state index in [1.165, 1.54) is 22.3 Å². The van der Waals surface area contributed by atoms with Crippen LogP contribution in [0.2, 0.25) is 0 Å². The van der Waals surface area contributed by atoms with Gasteiger partial charge in [-0.15, -0.1) is 22.7 Å². The number of thiophene rings is 2. The predicted molar refractivity (Wildman–Crippen MR) is 125 cm³/mol. The van der Waals surface area contributed by atoms with E-state index >= 15 is 0 Å². The number of nitrogens with two attached hydrogens (primary N) is 1. The van der Waals surface area contributed by atoms with E-state index in [1.807, 2.05) is 46.0 Å². The zero-order valence-electron chi connectivity index (χ0n) is 16.4. The fourth-order valence-corrected chi connectivity index (χ4v) is 5.42. The number of nitrogens with one attached hydrogen (secondary N) is 1. The molecule has 1 amide bonds. The summed E-state index contributed by atoms with van der Waals surface area (Å²) in [6.07, 6.45) is 4.05. The highest BCUT2D eigenvalue weighted by atomic mass is 32.1. The van der Waals surface area contributed by atoms with Gasteiger partial charge >= 0.3 is 0 Å². The van der Waals surface area contributed by atoms with Crippen LogP contribution in [0.3, 0.4) is 0 Å². The number of rotatable bonds is 4. The number of amidine groups is 1. The van der Waals surface area contributed by atoms with Crippen LogP contribution in [0.25, 0.3) is 10.9 Å². The maximum atomic E-state index is 12.6. The number of fused-ring (bicyclic) bond motifs is 1. The van der Waals surface area contributed by atoms with Crippen molar-refractivity contribution in [1.29, 1.82) is 0 Å². The largest absolute Gasteiger partial charge is 0.383 e. The Morgan fingerprint density at radius 1 is 1.07 bits per heavy atom. The standard InChI is InChI=1S/C23H22N4OS2/c24-22(20-3-1-11-29-20)26-16-5-6-19-17(13-16)18(14-25-19)15-7-9-27(10-8-15)23(28)21-4-2-12-30-21/h1-6,11-15,25H,7-10H2,(H2,24,26). The summed E-state index contributed by atoms with van der Waals surface area (Å²) in [5, 5.41) is 5.15. The molecule has 152 valence electrons. The van der Waals surface area contributed by atoms with Crippen LogP contribution in [-0.4, -0.2) is 34.7 Å². The van der Waals surface area contributed by atoms with E-state index < -0.39 is 0 Å². The molecular weight excluding hydrogens is 412 g/mol. The number of aromatic amines is 1. The Morgan fingerprint density at radius 2 is 1.80 bits per heavy atom. The molecule has 4 aromatic rings. The third-order valence-corrected chi connectivity index (χ3v) is 7.42. The van der Waals surface area contributed by atoms with Crippen LogP contribution in [0.1, 0.15) is 38.9 Å². The summed E-state index contributed by atoms with van der Waals surface area (Å²) in [6.45, 7) is 1.58. The minimum atomic E-state index is 0.156. The van der Waals surface area contributed by atoms with E-state index in [-0.39, 0.29) is 5.91 Å². The normalized spacial score (nSPS) is 15.7. The van der Waals surface area contributed by atoms with Crippen LogP contribution in [-0.2, 0) is 0 Å². The van der Waals surface area contributed by atoms with Crippen molar-refractivity contribution in [2.75, 3.05) is 13.1 Å². The molecule has 1 aromatic carbocycles. The van der Waals surface area contributed by atoms with Crippen molar-refractivity contribution in [2.24, 2.45) is 10.7 Å². The molecule has 5 rings (SSSR count). The first kappa shape index (κ1) is 19.1. The van der Waals surface area contributed by atoms with Gasteiger partial charge in [0.1, 0.15) is 5.84 Å². The molecule has 5 nitrogen and oxygen atoms in total. The first-order valence-corrected chi connectivity index (χ1v) is 11.8. The van der Waals surface area contributed by atoms with Gasteiger partial charge in [0.15, 0.2) is 0 Å². The molecule has 1 fully saturated rings. The van der Waals surface area contributed by atoms with Gasteiger partial charge in [-0.05, 0) is 65.4 Å². The van der Waals surface area contributed by atoms with Gasteiger partial charge in [0.05, 0.1) is 15.4 Å². The number of benzene rings is 1. The number of hydrogen-bond acceptors (Lipinski definition) is 4. The van der Waals surface area contributed by atoms with Crippen molar-refractivity contribution < 1.29 is 4.79 Å². The summed E-state index contributed by atoms with van der Waals surface area (Å²) in [5.41, 5.74) is 9.44. The lowest BCUT2D eigenvalue weighted by Crippen LogP contribution is -2.37. The van der Waals surface area contributed by atoms with Gasteiger partial charge in [-0.25, -0.2) is 4.99 Å². The second kappa shape index (κ2) is 8.08. The highest BCUT2D eigenvalue weighted by Crippen LogP contribution is 2.35. The van der Waals surface area contributed by atoms with Crippen LogP contribution >= 0.6 is 22.7 Å². The zero-order chi connectivity index (χ0) is 20.5. The average molecular weight is 435 g/mol. The van der Waals surface area contributed by atoms with Gasteiger partial charge in [-0.1, -0.05) is 12.1 Å². The molecular formula is C23H22N4OS2. The van der Waals surface area contributed by atoms with Gasteiger partial charge in [-0.3, -0.25) is 4.79 Å². The molecule has 0 radical (unpaired) electrons.